The van der Waals surface area contributed by atoms with Gasteiger partial charge in [0.2, 0.25) is 0 Å². The molecule has 0 aliphatic carbocycles. The molecule has 3 aromatic carbocycles. The lowest BCUT2D eigenvalue weighted by molar-refractivity contribution is 0.307. The lowest BCUT2D eigenvalue weighted by atomic mass is 9.99. The van der Waals surface area contributed by atoms with Crippen molar-refractivity contribution in [3.63, 3.8) is 0 Å². The van der Waals surface area contributed by atoms with E-state index in [1.165, 1.54) is 34.7 Å². The lowest BCUT2D eigenvalue weighted by Gasteiger charge is -2.16. The van der Waals surface area contributed by atoms with Crippen molar-refractivity contribution in [3.05, 3.63) is 72.9 Å². The number of hydrogen-bond acceptors (Lipinski definition) is 3. The Labute approximate surface area is 174 Å². The third-order valence-corrected chi connectivity index (χ3v) is 6.32. The second-order valence-corrected chi connectivity index (χ2v) is 8.23. The Kier molecular flexibility index (Phi) is 3.96. The molecule has 0 radical (unpaired) electrons. The molecule has 2 N–H and O–H groups in total. The van der Waals surface area contributed by atoms with Crippen LogP contribution in [0, 0.1) is 0 Å². The van der Waals surface area contributed by atoms with E-state index < -0.39 is 0 Å². The summed E-state index contributed by atoms with van der Waals surface area (Å²) in [4.78, 5) is 18.1. The fraction of sp³-hybridized carbons (Fsp3) is 0.200. The van der Waals surface area contributed by atoms with Crippen molar-refractivity contribution < 1.29 is 0 Å². The third kappa shape index (κ3) is 2.90. The molecule has 5 aromatic rings. The largest absolute Gasteiger partial charge is 0.345 e. The number of benzene rings is 3. The van der Waals surface area contributed by atoms with Crippen LogP contribution in [-0.4, -0.2) is 38.4 Å². The van der Waals surface area contributed by atoms with Crippen molar-refractivity contribution >= 4 is 21.8 Å². The Balaban J connectivity index is 1.36. The second-order valence-electron chi connectivity index (χ2n) is 8.23. The van der Waals surface area contributed by atoms with Crippen molar-refractivity contribution in [2.24, 2.45) is 0 Å². The summed E-state index contributed by atoms with van der Waals surface area (Å²) in [5, 5.41) is 2.45. The number of hydrogen-bond donors (Lipinski definition) is 2. The summed E-state index contributed by atoms with van der Waals surface area (Å²) < 4.78 is 0. The molecular formula is C25H23N5. The van der Waals surface area contributed by atoms with Gasteiger partial charge in [0.25, 0.3) is 0 Å². The van der Waals surface area contributed by atoms with Gasteiger partial charge >= 0.3 is 0 Å². The Hall–Kier alpha value is -3.44. The molecule has 0 amide bonds. The van der Waals surface area contributed by atoms with Crippen LogP contribution in [0.2, 0.25) is 0 Å². The highest BCUT2D eigenvalue weighted by molar-refractivity contribution is 5.91. The number of rotatable bonds is 3. The maximum absolute atomic E-state index is 4.86. The smallest absolute Gasteiger partial charge is 0.124 e. The highest BCUT2D eigenvalue weighted by Crippen LogP contribution is 2.32. The van der Waals surface area contributed by atoms with Crippen LogP contribution in [0.4, 0.5) is 0 Å². The topological polar surface area (TPSA) is 60.6 Å². The fourth-order valence-corrected chi connectivity index (χ4v) is 4.63. The van der Waals surface area contributed by atoms with Gasteiger partial charge in [0.05, 0.1) is 35.3 Å². The van der Waals surface area contributed by atoms with Gasteiger partial charge in [0.1, 0.15) is 5.82 Å². The first kappa shape index (κ1) is 17.4. The van der Waals surface area contributed by atoms with E-state index in [2.05, 4.69) is 81.5 Å². The molecule has 30 heavy (non-hydrogen) atoms. The molecule has 0 bridgehead atoms. The third-order valence-electron chi connectivity index (χ3n) is 6.32. The van der Waals surface area contributed by atoms with E-state index in [0.717, 1.165) is 34.7 Å². The number of aromatic amines is 2. The fourth-order valence-electron chi connectivity index (χ4n) is 4.63. The van der Waals surface area contributed by atoms with Crippen LogP contribution >= 0.6 is 0 Å². The molecule has 3 heterocycles. The molecule has 6 rings (SSSR count). The van der Waals surface area contributed by atoms with Crippen molar-refractivity contribution in [3.8, 4) is 22.4 Å². The number of aromatic nitrogens is 4. The average molecular weight is 393 g/mol. The van der Waals surface area contributed by atoms with Gasteiger partial charge in [-0.2, -0.15) is 0 Å². The van der Waals surface area contributed by atoms with E-state index in [-0.39, 0.29) is 0 Å². The summed E-state index contributed by atoms with van der Waals surface area (Å²) in [6.45, 7) is 1.14. The van der Waals surface area contributed by atoms with Crippen molar-refractivity contribution in [1.82, 2.24) is 24.8 Å². The molecule has 1 saturated heterocycles. The minimum Gasteiger partial charge on any atom is -0.345 e. The van der Waals surface area contributed by atoms with Crippen molar-refractivity contribution in [2.75, 3.05) is 13.6 Å². The van der Waals surface area contributed by atoms with Gasteiger partial charge in [-0.15, -0.1) is 0 Å². The van der Waals surface area contributed by atoms with Crippen LogP contribution in [0.15, 0.2) is 67.1 Å². The number of imidazole rings is 2. The Morgan fingerprint density at radius 1 is 0.933 bits per heavy atom. The molecule has 1 fully saturated rings. The molecular weight excluding hydrogens is 370 g/mol. The molecule has 1 unspecified atom stereocenters. The first-order chi connectivity index (χ1) is 14.7. The van der Waals surface area contributed by atoms with Gasteiger partial charge in [0, 0.05) is 5.56 Å². The van der Waals surface area contributed by atoms with Crippen LogP contribution in [0.3, 0.4) is 0 Å². The van der Waals surface area contributed by atoms with Gasteiger partial charge in [0.15, 0.2) is 0 Å². The van der Waals surface area contributed by atoms with Crippen molar-refractivity contribution in [1.29, 1.82) is 0 Å². The number of H-pyrrole nitrogens is 2. The summed E-state index contributed by atoms with van der Waals surface area (Å²) in [6, 6.07) is 20.1. The molecule has 5 heteroatoms. The number of nitrogens with zero attached hydrogens (tertiary/aromatic N) is 3. The summed E-state index contributed by atoms with van der Waals surface area (Å²) in [6.07, 6.45) is 5.98. The Morgan fingerprint density at radius 2 is 1.70 bits per heavy atom. The lowest BCUT2D eigenvalue weighted by Crippen LogP contribution is -2.18. The van der Waals surface area contributed by atoms with E-state index in [9.17, 15) is 0 Å². The molecule has 1 atom stereocenters. The second kappa shape index (κ2) is 6.82. The number of nitrogens with one attached hydrogen (secondary N) is 2. The molecule has 0 saturated carbocycles. The van der Waals surface area contributed by atoms with Gasteiger partial charge in [-0.25, -0.2) is 9.97 Å². The number of likely N-dealkylation sites (tertiary alicyclic amines) is 1. The predicted molar refractivity (Wildman–Crippen MR) is 121 cm³/mol. The van der Waals surface area contributed by atoms with E-state index in [1.807, 2.05) is 6.20 Å². The molecule has 0 spiro atoms. The Bertz CT molecular complexity index is 1350. The normalized spacial score (nSPS) is 17.3. The first-order valence-corrected chi connectivity index (χ1v) is 10.5. The standard InChI is InChI=1S/C25H23N5/c1-30-10-2-3-24(30)25-28-21-9-8-19(13-22(21)29-25)17-4-5-18-12-20(7-6-16(18)11-17)23-14-26-15-27-23/h4-9,11-15,24H,2-3,10H2,1H3,(H,26,27)(H,28,29). The Morgan fingerprint density at radius 3 is 2.47 bits per heavy atom. The van der Waals surface area contributed by atoms with E-state index >= 15 is 0 Å². The van der Waals surface area contributed by atoms with Crippen LogP contribution in [0.1, 0.15) is 24.7 Å². The summed E-state index contributed by atoms with van der Waals surface area (Å²) in [7, 11) is 2.18. The molecule has 2 aromatic heterocycles. The first-order valence-electron chi connectivity index (χ1n) is 10.5. The monoisotopic (exact) mass is 393 g/mol. The maximum atomic E-state index is 4.86. The van der Waals surface area contributed by atoms with Gasteiger partial charge < -0.3 is 9.97 Å². The highest BCUT2D eigenvalue weighted by Gasteiger charge is 2.25. The quantitative estimate of drug-likeness (QED) is 0.423. The minimum atomic E-state index is 0.408. The van der Waals surface area contributed by atoms with E-state index in [4.69, 9.17) is 4.98 Å². The minimum absolute atomic E-state index is 0.408. The summed E-state index contributed by atoms with van der Waals surface area (Å²) in [5.41, 5.74) is 6.76. The van der Waals surface area contributed by atoms with Crippen LogP contribution in [0.25, 0.3) is 44.2 Å². The summed E-state index contributed by atoms with van der Waals surface area (Å²) >= 11 is 0. The van der Waals surface area contributed by atoms with Crippen LogP contribution in [-0.2, 0) is 0 Å². The maximum Gasteiger partial charge on any atom is 0.124 e. The number of fused-ring (bicyclic) bond motifs is 2. The van der Waals surface area contributed by atoms with Gasteiger partial charge in [-0.3, -0.25) is 4.90 Å². The van der Waals surface area contributed by atoms with Gasteiger partial charge in [-0.1, -0.05) is 30.3 Å². The molecule has 1 aliphatic rings. The summed E-state index contributed by atoms with van der Waals surface area (Å²) in [5.74, 6) is 1.09. The van der Waals surface area contributed by atoms with Crippen LogP contribution in [0.5, 0.6) is 0 Å². The average Bonchev–Trinajstić information content (AvgIpc) is 3.52. The molecule has 148 valence electrons. The van der Waals surface area contributed by atoms with E-state index in [1.54, 1.807) is 6.33 Å². The SMILES string of the molecule is CN1CCCC1c1nc2ccc(-c3ccc4cc(-c5cnc[nH]5)ccc4c3)cc2[nH]1. The zero-order valence-corrected chi connectivity index (χ0v) is 16.9. The highest BCUT2D eigenvalue weighted by atomic mass is 15.2. The zero-order chi connectivity index (χ0) is 20.1. The van der Waals surface area contributed by atoms with E-state index in [0.29, 0.717) is 6.04 Å². The predicted octanol–water partition coefficient (Wildman–Crippen LogP) is 5.54. The van der Waals surface area contributed by atoms with Crippen molar-refractivity contribution in [2.45, 2.75) is 18.9 Å². The molecule has 1 aliphatic heterocycles. The van der Waals surface area contributed by atoms with Crippen LogP contribution < -0.4 is 0 Å². The zero-order valence-electron chi connectivity index (χ0n) is 16.9. The van der Waals surface area contributed by atoms with Gasteiger partial charge in [-0.05, 0) is 72.6 Å². The molecule has 5 nitrogen and oxygen atoms in total.